The summed E-state index contributed by atoms with van der Waals surface area (Å²) in [5.74, 6) is 0.297. The number of pyridine rings is 1. The topological polar surface area (TPSA) is 155 Å². The van der Waals surface area contributed by atoms with Crippen molar-refractivity contribution in [2.24, 2.45) is 5.73 Å². The van der Waals surface area contributed by atoms with Crippen LogP contribution in [0.15, 0.2) is 24.3 Å². The van der Waals surface area contributed by atoms with Crippen molar-refractivity contribution in [1.82, 2.24) is 20.5 Å². The second-order valence-corrected chi connectivity index (χ2v) is 7.34. The Balaban J connectivity index is 1.82. The van der Waals surface area contributed by atoms with Crippen LogP contribution in [-0.2, 0) is 6.42 Å². The van der Waals surface area contributed by atoms with E-state index in [9.17, 15) is 9.59 Å². The molecule has 10 nitrogen and oxygen atoms in total. The molecule has 0 aliphatic heterocycles. The second-order valence-electron chi connectivity index (χ2n) is 7.34. The van der Waals surface area contributed by atoms with Gasteiger partial charge in [-0.25, -0.2) is 9.78 Å². The predicted molar refractivity (Wildman–Crippen MR) is 113 cm³/mol. The maximum absolute atomic E-state index is 11.8. The van der Waals surface area contributed by atoms with Gasteiger partial charge < -0.3 is 26.8 Å². The Kier molecular flexibility index (Phi) is 6.99. The summed E-state index contributed by atoms with van der Waals surface area (Å²) in [5.41, 5.74) is 6.79. The van der Waals surface area contributed by atoms with E-state index in [0.29, 0.717) is 17.3 Å². The van der Waals surface area contributed by atoms with Crippen molar-refractivity contribution in [2.75, 3.05) is 10.6 Å². The number of hydrogen-bond acceptors (Lipinski definition) is 7. The molecule has 0 unspecified atom stereocenters. The summed E-state index contributed by atoms with van der Waals surface area (Å²) < 4.78 is 0. The first kappa shape index (κ1) is 21.3. The summed E-state index contributed by atoms with van der Waals surface area (Å²) in [7, 11) is 0. The van der Waals surface area contributed by atoms with E-state index in [-0.39, 0.29) is 17.8 Å². The van der Waals surface area contributed by atoms with Crippen molar-refractivity contribution < 1.29 is 14.7 Å². The lowest BCUT2D eigenvalue weighted by Crippen LogP contribution is -2.48. The Hall–Kier alpha value is -3.43. The lowest BCUT2D eigenvalue weighted by atomic mass is 9.90. The molecule has 0 saturated heterocycles. The monoisotopic (exact) mass is 413 g/mol. The van der Waals surface area contributed by atoms with E-state index in [1.54, 1.807) is 12.1 Å². The van der Waals surface area contributed by atoms with Gasteiger partial charge in [0.25, 0.3) is 5.91 Å². The maximum atomic E-state index is 11.8. The Morgan fingerprint density at radius 1 is 1.17 bits per heavy atom. The van der Waals surface area contributed by atoms with Crippen LogP contribution in [0.5, 0.6) is 0 Å². The Bertz CT molecular complexity index is 906. The average Bonchev–Trinajstić information content (AvgIpc) is 2.70. The Morgan fingerprint density at radius 2 is 1.93 bits per heavy atom. The molecule has 2 heterocycles. The zero-order valence-corrected chi connectivity index (χ0v) is 16.9. The number of aromatic nitrogens is 3. The van der Waals surface area contributed by atoms with Crippen molar-refractivity contribution in [3.8, 4) is 0 Å². The molecule has 0 radical (unpaired) electrons. The van der Waals surface area contributed by atoms with E-state index < -0.39 is 12.0 Å². The Labute approximate surface area is 174 Å². The highest BCUT2D eigenvalue weighted by Crippen LogP contribution is 2.25. The molecule has 30 heavy (non-hydrogen) atoms. The summed E-state index contributed by atoms with van der Waals surface area (Å²) in [6.07, 6.45) is 4.26. The fraction of sp³-hybridized carbons (Fsp3) is 0.450. The molecule has 1 saturated carbocycles. The number of carbonyl (C=O) groups is 2. The number of anilines is 3. The van der Waals surface area contributed by atoms with Crippen LogP contribution in [0.2, 0.25) is 0 Å². The number of carboxylic acid groups (broad SMARTS) is 1. The summed E-state index contributed by atoms with van der Waals surface area (Å²) in [4.78, 5) is 27.4. The summed E-state index contributed by atoms with van der Waals surface area (Å²) >= 11 is 0. The van der Waals surface area contributed by atoms with E-state index in [2.05, 4.69) is 38.1 Å². The molecule has 1 fully saturated rings. The van der Waals surface area contributed by atoms with Crippen LogP contribution in [0.1, 0.15) is 55.2 Å². The van der Waals surface area contributed by atoms with Crippen molar-refractivity contribution in [3.05, 3.63) is 35.7 Å². The van der Waals surface area contributed by atoms with Crippen LogP contribution in [-0.4, -0.2) is 44.4 Å². The van der Waals surface area contributed by atoms with Gasteiger partial charge in [-0.2, -0.15) is 0 Å². The van der Waals surface area contributed by atoms with E-state index in [4.69, 9.17) is 10.8 Å². The van der Waals surface area contributed by atoms with Crippen molar-refractivity contribution in [2.45, 2.75) is 57.5 Å². The van der Waals surface area contributed by atoms with Gasteiger partial charge in [-0.1, -0.05) is 32.3 Å². The number of amides is 2. The molecule has 1 aliphatic carbocycles. The number of primary amides is 1. The molecule has 2 aromatic heterocycles. The summed E-state index contributed by atoms with van der Waals surface area (Å²) in [5, 5.41) is 26.0. The molecule has 0 bridgehead atoms. The fourth-order valence-electron chi connectivity index (χ4n) is 3.65. The van der Waals surface area contributed by atoms with E-state index in [1.165, 1.54) is 0 Å². The quantitative estimate of drug-likeness (QED) is 0.442. The first-order chi connectivity index (χ1) is 14.5. The highest BCUT2D eigenvalue weighted by Gasteiger charge is 2.27. The first-order valence-electron chi connectivity index (χ1n) is 10.1. The smallest absolute Gasteiger partial charge is 0.404 e. The summed E-state index contributed by atoms with van der Waals surface area (Å²) in [6.45, 7) is 2.08. The van der Waals surface area contributed by atoms with Crippen LogP contribution in [0.25, 0.3) is 0 Å². The third-order valence-corrected chi connectivity index (χ3v) is 5.01. The molecule has 6 N–H and O–H groups in total. The number of aryl methyl sites for hydroxylation is 1. The third-order valence-electron chi connectivity index (χ3n) is 5.01. The van der Waals surface area contributed by atoms with Gasteiger partial charge in [0, 0.05) is 17.8 Å². The molecule has 2 aromatic rings. The number of rotatable bonds is 8. The standard InChI is InChI=1S/C20H27N7O3/c1-2-6-12-7-5-10-16(22-12)24-15-11-17(26-27-18(15)19(21)28)23-13-8-3-4-9-14(13)25-20(29)30/h5,7,10-11,13-14,25H,2-4,6,8-9H2,1H3,(H2,21,28)(H,29,30)(H2,22,23,24,26)/t13-,14+/m1/s1. The lowest BCUT2D eigenvalue weighted by molar-refractivity contribution is 0.0995. The molecular weight excluding hydrogens is 386 g/mol. The molecule has 1 aliphatic rings. The third kappa shape index (κ3) is 5.56. The number of hydrogen-bond donors (Lipinski definition) is 5. The van der Waals surface area contributed by atoms with Crippen LogP contribution >= 0.6 is 0 Å². The predicted octanol–water partition coefficient (Wildman–Crippen LogP) is 2.66. The van der Waals surface area contributed by atoms with Crippen molar-refractivity contribution in [1.29, 1.82) is 0 Å². The van der Waals surface area contributed by atoms with Gasteiger partial charge in [0.1, 0.15) is 5.82 Å². The SMILES string of the molecule is CCCc1cccc(Nc2cc(N[C@@H]3CCCC[C@@H]3NC(=O)O)nnc2C(N)=O)n1. The van der Waals surface area contributed by atoms with Gasteiger partial charge in [0.15, 0.2) is 11.5 Å². The van der Waals surface area contributed by atoms with Gasteiger partial charge in [0.05, 0.1) is 11.7 Å². The molecular formula is C20H27N7O3. The van der Waals surface area contributed by atoms with Gasteiger partial charge >= 0.3 is 6.09 Å². The van der Waals surface area contributed by atoms with Crippen LogP contribution in [0, 0.1) is 0 Å². The molecule has 0 spiro atoms. The minimum Gasteiger partial charge on any atom is -0.465 e. The Morgan fingerprint density at radius 3 is 2.63 bits per heavy atom. The van der Waals surface area contributed by atoms with Crippen LogP contribution < -0.4 is 21.7 Å². The van der Waals surface area contributed by atoms with E-state index in [0.717, 1.165) is 44.2 Å². The van der Waals surface area contributed by atoms with Crippen LogP contribution in [0.4, 0.5) is 22.1 Å². The fourth-order valence-corrected chi connectivity index (χ4v) is 3.65. The van der Waals surface area contributed by atoms with E-state index in [1.807, 2.05) is 12.1 Å². The van der Waals surface area contributed by atoms with Gasteiger partial charge in [-0.3, -0.25) is 4.79 Å². The van der Waals surface area contributed by atoms with Gasteiger partial charge in [0.2, 0.25) is 0 Å². The lowest BCUT2D eigenvalue weighted by Gasteiger charge is -2.32. The molecule has 2 atom stereocenters. The molecule has 3 rings (SSSR count). The van der Waals surface area contributed by atoms with Gasteiger partial charge in [-0.05, 0) is 31.4 Å². The zero-order chi connectivity index (χ0) is 21.5. The van der Waals surface area contributed by atoms with Crippen molar-refractivity contribution in [3.63, 3.8) is 0 Å². The maximum Gasteiger partial charge on any atom is 0.404 e. The summed E-state index contributed by atoms with van der Waals surface area (Å²) in [6, 6.07) is 6.93. The number of nitrogens with two attached hydrogens (primary N) is 1. The second kappa shape index (κ2) is 9.86. The number of carbonyl (C=O) groups excluding carboxylic acids is 1. The van der Waals surface area contributed by atoms with Crippen molar-refractivity contribution >= 4 is 29.3 Å². The number of nitrogens with zero attached hydrogens (tertiary/aromatic N) is 3. The molecule has 10 heteroatoms. The molecule has 160 valence electrons. The number of nitrogens with one attached hydrogen (secondary N) is 3. The minimum absolute atomic E-state index is 0.00657. The minimum atomic E-state index is -1.05. The largest absolute Gasteiger partial charge is 0.465 e. The molecule has 0 aromatic carbocycles. The zero-order valence-electron chi connectivity index (χ0n) is 16.9. The highest BCUT2D eigenvalue weighted by molar-refractivity contribution is 5.97. The highest BCUT2D eigenvalue weighted by atomic mass is 16.4. The van der Waals surface area contributed by atoms with E-state index >= 15 is 0 Å². The first-order valence-corrected chi connectivity index (χ1v) is 10.1. The normalized spacial score (nSPS) is 18.4. The average molecular weight is 413 g/mol. The van der Waals surface area contributed by atoms with Crippen LogP contribution in [0.3, 0.4) is 0 Å². The van der Waals surface area contributed by atoms with Gasteiger partial charge in [-0.15, -0.1) is 10.2 Å². The molecule has 2 amide bonds.